The SMILES string of the molecule is O=C(Nc1cccc2cnccc12)c1ccc(C2CCCN2)s1. The number of hydrogen-bond acceptors (Lipinski definition) is 4. The number of carbonyl (C=O) groups excluding carboxylic acids is 1. The summed E-state index contributed by atoms with van der Waals surface area (Å²) in [6.45, 7) is 1.06. The Kier molecular flexibility index (Phi) is 3.81. The summed E-state index contributed by atoms with van der Waals surface area (Å²) in [5.41, 5.74) is 0.823. The molecule has 1 aliphatic heterocycles. The predicted octanol–water partition coefficient (Wildman–Crippen LogP) is 3.97. The number of nitrogens with one attached hydrogen (secondary N) is 2. The normalized spacial score (nSPS) is 17.5. The maximum absolute atomic E-state index is 12.5. The second kappa shape index (κ2) is 6.10. The highest BCUT2D eigenvalue weighted by Gasteiger charge is 2.19. The van der Waals surface area contributed by atoms with Crippen LogP contribution in [0, 0.1) is 0 Å². The van der Waals surface area contributed by atoms with Gasteiger partial charge in [-0.3, -0.25) is 9.78 Å². The summed E-state index contributed by atoms with van der Waals surface area (Å²) >= 11 is 1.58. The molecule has 3 aromatic rings. The molecule has 0 spiro atoms. The Balaban J connectivity index is 1.57. The zero-order valence-corrected chi connectivity index (χ0v) is 13.4. The zero-order valence-electron chi connectivity index (χ0n) is 12.6. The van der Waals surface area contributed by atoms with E-state index < -0.39 is 0 Å². The van der Waals surface area contributed by atoms with E-state index in [2.05, 4.69) is 21.7 Å². The van der Waals surface area contributed by atoms with Crippen molar-refractivity contribution in [1.29, 1.82) is 0 Å². The molecule has 5 heteroatoms. The summed E-state index contributed by atoms with van der Waals surface area (Å²) in [5, 5.41) is 8.52. The Bertz CT molecular complexity index is 847. The molecule has 0 aliphatic carbocycles. The first-order valence-corrected chi connectivity index (χ1v) is 8.60. The van der Waals surface area contributed by atoms with Gasteiger partial charge in [-0.2, -0.15) is 0 Å². The maximum Gasteiger partial charge on any atom is 0.265 e. The third-order valence-corrected chi connectivity index (χ3v) is 5.38. The second-order valence-electron chi connectivity index (χ2n) is 5.71. The monoisotopic (exact) mass is 323 g/mol. The average molecular weight is 323 g/mol. The van der Waals surface area contributed by atoms with Crippen LogP contribution >= 0.6 is 11.3 Å². The largest absolute Gasteiger partial charge is 0.321 e. The van der Waals surface area contributed by atoms with Crippen molar-refractivity contribution in [2.45, 2.75) is 18.9 Å². The number of amides is 1. The van der Waals surface area contributed by atoms with Crippen LogP contribution in [0.4, 0.5) is 5.69 Å². The van der Waals surface area contributed by atoms with Crippen LogP contribution in [0.3, 0.4) is 0 Å². The van der Waals surface area contributed by atoms with Crippen molar-refractivity contribution >= 4 is 33.7 Å². The molecule has 4 nitrogen and oxygen atoms in total. The molecule has 2 aromatic heterocycles. The minimum atomic E-state index is -0.0523. The number of nitrogens with zero attached hydrogens (tertiary/aromatic N) is 1. The molecule has 23 heavy (non-hydrogen) atoms. The number of anilines is 1. The predicted molar refractivity (Wildman–Crippen MR) is 94.0 cm³/mol. The van der Waals surface area contributed by atoms with Gasteiger partial charge >= 0.3 is 0 Å². The van der Waals surface area contributed by atoms with Crippen LogP contribution in [0.25, 0.3) is 10.8 Å². The van der Waals surface area contributed by atoms with Gasteiger partial charge in [-0.1, -0.05) is 12.1 Å². The summed E-state index contributed by atoms with van der Waals surface area (Å²) in [7, 11) is 0. The summed E-state index contributed by atoms with van der Waals surface area (Å²) in [4.78, 5) is 18.7. The number of fused-ring (bicyclic) bond motifs is 1. The Labute approximate surface area is 138 Å². The van der Waals surface area contributed by atoms with Gasteiger partial charge < -0.3 is 10.6 Å². The molecular weight excluding hydrogens is 306 g/mol. The van der Waals surface area contributed by atoms with Crippen LogP contribution in [0.2, 0.25) is 0 Å². The van der Waals surface area contributed by atoms with Crippen molar-refractivity contribution in [3.05, 3.63) is 58.5 Å². The summed E-state index contributed by atoms with van der Waals surface area (Å²) in [6.07, 6.45) is 5.90. The van der Waals surface area contributed by atoms with E-state index in [0.717, 1.165) is 34.3 Å². The molecule has 1 aromatic carbocycles. The fraction of sp³-hybridized carbons (Fsp3) is 0.222. The van der Waals surface area contributed by atoms with Gasteiger partial charge in [0.15, 0.2) is 0 Å². The van der Waals surface area contributed by atoms with Crippen LogP contribution < -0.4 is 10.6 Å². The zero-order chi connectivity index (χ0) is 15.6. The van der Waals surface area contributed by atoms with Crippen LogP contribution in [0.5, 0.6) is 0 Å². The molecule has 0 bridgehead atoms. The Hall–Kier alpha value is -2.24. The molecule has 3 heterocycles. The highest BCUT2D eigenvalue weighted by atomic mass is 32.1. The highest BCUT2D eigenvalue weighted by Crippen LogP contribution is 2.30. The Morgan fingerprint density at radius 2 is 2.22 bits per heavy atom. The quantitative estimate of drug-likeness (QED) is 0.767. The molecule has 1 aliphatic rings. The lowest BCUT2D eigenvalue weighted by Crippen LogP contribution is -2.11. The number of hydrogen-bond donors (Lipinski definition) is 2. The second-order valence-corrected chi connectivity index (χ2v) is 6.82. The minimum absolute atomic E-state index is 0.0523. The standard InChI is InChI=1S/C18H17N3OS/c22-18(17-7-6-16(23-17)15-5-2-9-20-15)21-14-4-1-3-12-11-19-10-8-13(12)14/h1,3-4,6-8,10-11,15,20H,2,5,9H2,(H,21,22). The average Bonchev–Trinajstić information content (AvgIpc) is 3.26. The molecule has 1 saturated heterocycles. The van der Waals surface area contributed by atoms with Crippen molar-refractivity contribution in [2.24, 2.45) is 0 Å². The number of rotatable bonds is 3. The van der Waals surface area contributed by atoms with E-state index in [1.54, 1.807) is 23.7 Å². The number of thiophene rings is 1. The van der Waals surface area contributed by atoms with E-state index in [1.165, 1.54) is 11.3 Å². The Morgan fingerprint density at radius 1 is 1.26 bits per heavy atom. The van der Waals surface area contributed by atoms with E-state index in [9.17, 15) is 4.79 Å². The molecular formula is C18H17N3OS. The lowest BCUT2D eigenvalue weighted by atomic mass is 10.1. The van der Waals surface area contributed by atoms with Crippen molar-refractivity contribution in [1.82, 2.24) is 10.3 Å². The van der Waals surface area contributed by atoms with Gasteiger partial charge in [0.1, 0.15) is 0 Å². The first kappa shape index (κ1) is 14.4. The molecule has 2 N–H and O–H groups in total. The lowest BCUT2D eigenvalue weighted by molar-refractivity contribution is 0.103. The number of pyridine rings is 1. The fourth-order valence-corrected chi connectivity index (χ4v) is 4.02. The summed E-state index contributed by atoms with van der Waals surface area (Å²) in [5.74, 6) is -0.0523. The highest BCUT2D eigenvalue weighted by molar-refractivity contribution is 7.14. The molecule has 1 atom stereocenters. The molecule has 0 radical (unpaired) electrons. The van der Waals surface area contributed by atoms with Gasteiger partial charge in [0.25, 0.3) is 5.91 Å². The summed E-state index contributed by atoms with van der Waals surface area (Å²) in [6, 6.07) is 12.2. The van der Waals surface area contributed by atoms with Gasteiger partial charge in [0, 0.05) is 39.8 Å². The number of aromatic nitrogens is 1. The fourth-order valence-electron chi connectivity index (χ4n) is 3.01. The van der Waals surface area contributed by atoms with Crippen LogP contribution in [-0.4, -0.2) is 17.4 Å². The van der Waals surface area contributed by atoms with E-state index in [1.807, 2.05) is 30.3 Å². The molecule has 1 fully saturated rings. The topological polar surface area (TPSA) is 54.0 Å². The third kappa shape index (κ3) is 2.85. The van der Waals surface area contributed by atoms with Crippen molar-refractivity contribution < 1.29 is 4.79 Å². The lowest BCUT2D eigenvalue weighted by Gasteiger charge is -2.08. The van der Waals surface area contributed by atoms with E-state index in [4.69, 9.17) is 0 Å². The van der Waals surface area contributed by atoms with E-state index in [0.29, 0.717) is 6.04 Å². The molecule has 1 unspecified atom stereocenters. The smallest absolute Gasteiger partial charge is 0.265 e. The van der Waals surface area contributed by atoms with Crippen LogP contribution in [-0.2, 0) is 0 Å². The minimum Gasteiger partial charge on any atom is -0.321 e. The van der Waals surface area contributed by atoms with E-state index in [-0.39, 0.29) is 5.91 Å². The van der Waals surface area contributed by atoms with Crippen molar-refractivity contribution in [3.8, 4) is 0 Å². The first-order valence-electron chi connectivity index (χ1n) is 7.78. The summed E-state index contributed by atoms with van der Waals surface area (Å²) < 4.78 is 0. The van der Waals surface area contributed by atoms with Gasteiger partial charge in [-0.15, -0.1) is 11.3 Å². The first-order chi connectivity index (χ1) is 11.3. The van der Waals surface area contributed by atoms with Gasteiger partial charge in [0.2, 0.25) is 0 Å². The molecule has 116 valence electrons. The number of carbonyl (C=O) groups is 1. The van der Waals surface area contributed by atoms with E-state index >= 15 is 0 Å². The van der Waals surface area contributed by atoms with Crippen molar-refractivity contribution in [2.75, 3.05) is 11.9 Å². The molecule has 4 rings (SSSR count). The van der Waals surface area contributed by atoms with Crippen LogP contribution in [0.1, 0.15) is 33.4 Å². The van der Waals surface area contributed by atoms with Gasteiger partial charge in [0.05, 0.1) is 4.88 Å². The molecule has 1 amide bonds. The van der Waals surface area contributed by atoms with Crippen molar-refractivity contribution in [3.63, 3.8) is 0 Å². The van der Waals surface area contributed by atoms with Crippen LogP contribution in [0.15, 0.2) is 48.8 Å². The molecule has 0 saturated carbocycles. The van der Waals surface area contributed by atoms with Gasteiger partial charge in [-0.05, 0) is 43.7 Å². The Morgan fingerprint density at radius 3 is 3.09 bits per heavy atom. The number of benzene rings is 1. The maximum atomic E-state index is 12.5. The third-order valence-electron chi connectivity index (χ3n) is 4.18. The van der Waals surface area contributed by atoms with Gasteiger partial charge in [-0.25, -0.2) is 0 Å².